The van der Waals surface area contributed by atoms with Crippen molar-refractivity contribution in [3.63, 3.8) is 0 Å². The SMILES string of the molecule is CCCCCN(Cc1cccn1Cc1ccccc1)C(=O)C(C)Cl. The molecule has 1 atom stereocenters. The molecule has 0 saturated heterocycles. The zero-order valence-electron chi connectivity index (χ0n) is 14.6. The Morgan fingerprint density at radius 1 is 1.17 bits per heavy atom. The lowest BCUT2D eigenvalue weighted by Crippen LogP contribution is -2.36. The normalized spacial score (nSPS) is 12.1. The molecular formula is C20H27ClN2O. The van der Waals surface area contributed by atoms with Crippen LogP contribution < -0.4 is 0 Å². The fourth-order valence-electron chi connectivity index (χ4n) is 2.79. The van der Waals surface area contributed by atoms with Crippen LogP contribution in [-0.2, 0) is 17.9 Å². The summed E-state index contributed by atoms with van der Waals surface area (Å²) < 4.78 is 2.20. The molecule has 3 nitrogen and oxygen atoms in total. The second kappa shape index (κ2) is 9.53. The van der Waals surface area contributed by atoms with Gasteiger partial charge in [-0.25, -0.2) is 0 Å². The van der Waals surface area contributed by atoms with Gasteiger partial charge in [-0.2, -0.15) is 0 Å². The molecule has 2 rings (SSSR count). The van der Waals surface area contributed by atoms with E-state index in [1.807, 2.05) is 29.2 Å². The molecule has 24 heavy (non-hydrogen) atoms. The van der Waals surface area contributed by atoms with Crippen LogP contribution in [0.1, 0.15) is 44.4 Å². The Labute approximate surface area is 150 Å². The van der Waals surface area contributed by atoms with Crippen molar-refractivity contribution in [2.75, 3.05) is 6.54 Å². The highest BCUT2D eigenvalue weighted by molar-refractivity contribution is 6.30. The molecule has 0 N–H and O–H groups in total. The van der Waals surface area contributed by atoms with Gasteiger partial charge in [0.1, 0.15) is 5.38 Å². The number of aromatic nitrogens is 1. The molecule has 130 valence electrons. The monoisotopic (exact) mass is 346 g/mol. The number of alkyl halides is 1. The number of carbonyl (C=O) groups is 1. The maximum absolute atomic E-state index is 12.4. The van der Waals surface area contributed by atoms with E-state index in [4.69, 9.17) is 11.6 Å². The number of rotatable bonds is 9. The second-order valence-corrected chi connectivity index (χ2v) is 6.85. The van der Waals surface area contributed by atoms with Crippen LogP contribution in [0.25, 0.3) is 0 Å². The maximum atomic E-state index is 12.4. The summed E-state index contributed by atoms with van der Waals surface area (Å²) in [5, 5.41) is -0.482. The number of halogens is 1. The molecular weight excluding hydrogens is 320 g/mol. The number of unbranched alkanes of at least 4 members (excludes halogenated alkanes) is 2. The summed E-state index contributed by atoms with van der Waals surface area (Å²) in [7, 11) is 0. The summed E-state index contributed by atoms with van der Waals surface area (Å²) in [6.07, 6.45) is 5.36. The van der Waals surface area contributed by atoms with E-state index in [2.05, 4.69) is 35.9 Å². The summed E-state index contributed by atoms with van der Waals surface area (Å²) in [6.45, 7) is 6.11. The molecule has 1 unspecified atom stereocenters. The van der Waals surface area contributed by atoms with E-state index in [0.29, 0.717) is 6.54 Å². The van der Waals surface area contributed by atoms with Crippen molar-refractivity contribution >= 4 is 17.5 Å². The van der Waals surface area contributed by atoms with Gasteiger partial charge in [-0.05, 0) is 31.0 Å². The van der Waals surface area contributed by atoms with Crippen LogP contribution in [0, 0.1) is 0 Å². The van der Waals surface area contributed by atoms with Gasteiger partial charge in [0.25, 0.3) is 0 Å². The van der Waals surface area contributed by atoms with Crippen molar-refractivity contribution in [3.8, 4) is 0 Å². The Bertz CT molecular complexity index is 622. The van der Waals surface area contributed by atoms with Crippen LogP contribution in [0.3, 0.4) is 0 Å². The average molecular weight is 347 g/mol. The van der Waals surface area contributed by atoms with Gasteiger partial charge in [-0.15, -0.1) is 11.6 Å². The van der Waals surface area contributed by atoms with Gasteiger partial charge in [-0.3, -0.25) is 4.79 Å². The number of hydrogen-bond donors (Lipinski definition) is 0. The van der Waals surface area contributed by atoms with Crippen molar-refractivity contribution in [2.24, 2.45) is 0 Å². The van der Waals surface area contributed by atoms with E-state index in [-0.39, 0.29) is 5.91 Å². The van der Waals surface area contributed by atoms with Crippen LogP contribution in [0.15, 0.2) is 48.7 Å². The van der Waals surface area contributed by atoms with Crippen molar-refractivity contribution < 1.29 is 4.79 Å². The third-order valence-corrected chi connectivity index (χ3v) is 4.34. The minimum absolute atomic E-state index is 0.0141. The molecule has 4 heteroatoms. The first kappa shape index (κ1) is 18.6. The van der Waals surface area contributed by atoms with Crippen LogP contribution in [0.4, 0.5) is 0 Å². The van der Waals surface area contributed by atoms with Crippen molar-refractivity contribution in [3.05, 3.63) is 59.9 Å². The van der Waals surface area contributed by atoms with Gasteiger partial charge in [-0.1, -0.05) is 50.1 Å². The Kier molecular flexibility index (Phi) is 7.38. The summed E-state index contributed by atoms with van der Waals surface area (Å²) in [5.74, 6) is 0.0141. The Morgan fingerprint density at radius 3 is 2.58 bits per heavy atom. The molecule has 0 spiro atoms. The van der Waals surface area contributed by atoms with E-state index in [0.717, 1.165) is 38.0 Å². The first-order chi connectivity index (χ1) is 11.6. The fourth-order valence-corrected chi connectivity index (χ4v) is 2.93. The Morgan fingerprint density at radius 2 is 1.92 bits per heavy atom. The van der Waals surface area contributed by atoms with Crippen LogP contribution >= 0.6 is 11.6 Å². The summed E-state index contributed by atoms with van der Waals surface area (Å²) in [5.41, 5.74) is 2.39. The van der Waals surface area contributed by atoms with Crippen LogP contribution in [-0.4, -0.2) is 27.3 Å². The molecule has 1 amide bonds. The summed E-state index contributed by atoms with van der Waals surface area (Å²) in [4.78, 5) is 14.3. The highest BCUT2D eigenvalue weighted by atomic mass is 35.5. The quantitative estimate of drug-likeness (QED) is 0.478. The number of hydrogen-bond acceptors (Lipinski definition) is 1. The predicted octanol–water partition coefficient (Wildman–Crippen LogP) is 4.68. The molecule has 2 aromatic rings. The van der Waals surface area contributed by atoms with Gasteiger partial charge >= 0.3 is 0 Å². The van der Waals surface area contributed by atoms with E-state index in [1.165, 1.54) is 5.56 Å². The summed E-state index contributed by atoms with van der Waals surface area (Å²) >= 11 is 6.05. The van der Waals surface area contributed by atoms with Gasteiger partial charge in [0.15, 0.2) is 0 Å². The van der Waals surface area contributed by atoms with Crippen molar-refractivity contribution in [1.29, 1.82) is 0 Å². The number of carbonyl (C=O) groups excluding carboxylic acids is 1. The smallest absolute Gasteiger partial charge is 0.240 e. The highest BCUT2D eigenvalue weighted by Gasteiger charge is 2.19. The first-order valence-corrected chi connectivity index (χ1v) is 9.16. The number of amides is 1. The lowest BCUT2D eigenvalue weighted by atomic mass is 10.2. The molecule has 1 heterocycles. The van der Waals surface area contributed by atoms with Crippen LogP contribution in [0.2, 0.25) is 0 Å². The Hall–Kier alpha value is -1.74. The fraction of sp³-hybridized carbons (Fsp3) is 0.450. The third-order valence-electron chi connectivity index (χ3n) is 4.16. The largest absolute Gasteiger partial charge is 0.345 e. The zero-order chi connectivity index (χ0) is 17.4. The molecule has 1 aromatic heterocycles. The van der Waals surface area contributed by atoms with E-state index >= 15 is 0 Å². The van der Waals surface area contributed by atoms with Gasteiger partial charge < -0.3 is 9.47 Å². The van der Waals surface area contributed by atoms with Crippen molar-refractivity contribution in [2.45, 2.75) is 51.6 Å². The minimum Gasteiger partial charge on any atom is -0.345 e. The maximum Gasteiger partial charge on any atom is 0.240 e. The van der Waals surface area contributed by atoms with Crippen LogP contribution in [0.5, 0.6) is 0 Å². The van der Waals surface area contributed by atoms with Gasteiger partial charge in [0.2, 0.25) is 5.91 Å². The zero-order valence-corrected chi connectivity index (χ0v) is 15.4. The molecule has 0 radical (unpaired) electrons. The highest BCUT2D eigenvalue weighted by Crippen LogP contribution is 2.14. The lowest BCUT2D eigenvalue weighted by Gasteiger charge is -2.25. The molecule has 0 aliphatic carbocycles. The summed E-state index contributed by atoms with van der Waals surface area (Å²) in [6, 6.07) is 14.5. The average Bonchev–Trinajstić information content (AvgIpc) is 3.01. The molecule has 0 aliphatic heterocycles. The molecule has 0 bridgehead atoms. The van der Waals surface area contributed by atoms with Crippen molar-refractivity contribution in [1.82, 2.24) is 9.47 Å². The number of benzene rings is 1. The third kappa shape index (κ3) is 5.41. The van der Waals surface area contributed by atoms with Gasteiger partial charge in [0, 0.05) is 25.0 Å². The topological polar surface area (TPSA) is 25.2 Å². The van der Waals surface area contributed by atoms with E-state index in [9.17, 15) is 4.79 Å². The second-order valence-electron chi connectivity index (χ2n) is 6.20. The number of nitrogens with zero attached hydrogens (tertiary/aromatic N) is 2. The van der Waals surface area contributed by atoms with Gasteiger partial charge in [0.05, 0.1) is 6.54 Å². The predicted molar refractivity (Wildman–Crippen MR) is 100 cm³/mol. The molecule has 0 saturated carbocycles. The van der Waals surface area contributed by atoms with E-state index < -0.39 is 5.38 Å². The van der Waals surface area contributed by atoms with E-state index in [1.54, 1.807) is 6.92 Å². The lowest BCUT2D eigenvalue weighted by molar-refractivity contribution is -0.131. The standard InChI is InChI=1S/C20H27ClN2O/c1-3-4-8-13-23(20(24)17(2)21)16-19-12-9-14-22(19)15-18-10-6-5-7-11-18/h5-7,9-12,14,17H,3-4,8,13,15-16H2,1-2H3. The first-order valence-electron chi connectivity index (χ1n) is 8.72. The Balaban J connectivity index is 2.08. The molecule has 0 aliphatic rings. The molecule has 1 aromatic carbocycles. The molecule has 0 fully saturated rings. The minimum atomic E-state index is -0.482.